The lowest BCUT2D eigenvalue weighted by Crippen LogP contribution is -2.55. The van der Waals surface area contributed by atoms with Crippen molar-refractivity contribution in [2.45, 2.75) is 44.9 Å². The van der Waals surface area contributed by atoms with Gasteiger partial charge in [0.05, 0.1) is 42.7 Å². The number of hydrogen-bond acceptors (Lipinski definition) is 7. The molecule has 2 aromatic heterocycles. The summed E-state index contributed by atoms with van der Waals surface area (Å²) in [7, 11) is 0. The van der Waals surface area contributed by atoms with E-state index in [9.17, 15) is 9.59 Å². The van der Waals surface area contributed by atoms with E-state index in [0.717, 1.165) is 16.7 Å². The van der Waals surface area contributed by atoms with E-state index in [1.807, 2.05) is 30.9 Å². The lowest BCUT2D eigenvalue weighted by Gasteiger charge is -2.42. The Balaban J connectivity index is 1.33. The van der Waals surface area contributed by atoms with E-state index < -0.39 is 0 Å². The molecule has 2 fully saturated rings. The smallest absolute Gasteiger partial charge is 0.256 e. The summed E-state index contributed by atoms with van der Waals surface area (Å²) < 4.78 is 11.4. The molecule has 1 atom stereocenters. The van der Waals surface area contributed by atoms with Crippen molar-refractivity contribution in [1.29, 1.82) is 0 Å². The van der Waals surface area contributed by atoms with E-state index in [4.69, 9.17) is 26.8 Å². The molecule has 0 aliphatic carbocycles. The fourth-order valence-corrected chi connectivity index (χ4v) is 4.75. The van der Waals surface area contributed by atoms with Crippen molar-refractivity contribution in [3.8, 4) is 0 Å². The van der Waals surface area contributed by atoms with E-state index in [0.29, 0.717) is 67.9 Å². The molecule has 0 aromatic carbocycles. The van der Waals surface area contributed by atoms with Gasteiger partial charge >= 0.3 is 0 Å². The summed E-state index contributed by atoms with van der Waals surface area (Å²) in [5.74, 6) is 0.163. The summed E-state index contributed by atoms with van der Waals surface area (Å²) in [6.45, 7) is 10.2. The highest BCUT2D eigenvalue weighted by Gasteiger charge is 2.34. The number of rotatable bonds is 9. The minimum Gasteiger partial charge on any atom is -0.384 e. The molecule has 2 aromatic rings. The number of nitrogen functional groups attached to an aromatic ring is 1. The summed E-state index contributed by atoms with van der Waals surface area (Å²) in [6, 6.07) is 7.14. The van der Waals surface area contributed by atoms with Crippen LogP contribution in [0, 0.1) is 0 Å². The number of nitrogens with two attached hydrogens (primary N) is 1. The van der Waals surface area contributed by atoms with Gasteiger partial charge in [-0.3, -0.25) is 14.6 Å². The van der Waals surface area contributed by atoms with Crippen molar-refractivity contribution >= 4 is 34.8 Å². The second kappa shape index (κ2) is 13.7. The molecule has 2 amide bonds. The lowest BCUT2D eigenvalue weighted by molar-refractivity contribution is -0.116. The highest BCUT2D eigenvalue weighted by Crippen LogP contribution is 2.26. The summed E-state index contributed by atoms with van der Waals surface area (Å²) in [5, 5.41) is 3.21. The first-order valence-electron chi connectivity index (χ1n) is 13.5. The number of amides is 2. The quantitative estimate of drug-likeness (QED) is 0.257. The normalized spacial score (nSPS) is 20.0. The van der Waals surface area contributed by atoms with Crippen molar-refractivity contribution in [3.05, 3.63) is 95.0 Å². The molecule has 2 aliphatic heterocycles. The molecule has 0 bridgehead atoms. The molecular formula is C31H36ClN5O4. The largest absolute Gasteiger partial charge is 0.384 e. The van der Waals surface area contributed by atoms with Crippen LogP contribution in [0.4, 0.5) is 5.82 Å². The predicted molar refractivity (Wildman–Crippen MR) is 160 cm³/mol. The zero-order valence-corrected chi connectivity index (χ0v) is 24.2. The van der Waals surface area contributed by atoms with Crippen molar-refractivity contribution < 1.29 is 19.1 Å². The molecule has 3 N–H and O–H groups in total. The van der Waals surface area contributed by atoms with Crippen LogP contribution in [0.15, 0.2) is 78.1 Å². The maximum Gasteiger partial charge on any atom is 0.256 e. The van der Waals surface area contributed by atoms with Gasteiger partial charge in [-0.1, -0.05) is 36.4 Å². The van der Waals surface area contributed by atoms with Crippen molar-refractivity contribution in [3.63, 3.8) is 0 Å². The Bertz CT molecular complexity index is 1350. The monoisotopic (exact) mass is 577 g/mol. The van der Waals surface area contributed by atoms with Gasteiger partial charge in [0, 0.05) is 43.0 Å². The SMILES string of the molecule is C=C(Cl)/C=C(\C/C=C1\COC(/C=C/C(=O)NCc2ccc(N)nc2)C1)c1ccc(C(=O)N2CCOCC2(C)C)cn1. The molecule has 216 valence electrons. The van der Waals surface area contributed by atoms with Crippen LogP contribution in [-0.4, -0.2) is 64.7 Å². The summed E-state index contributed by atoms with van der Waals surface area (Å²) in [4.78, 5) is 35.8. The molecular weight excluding hydrogens is 542 g/mol. The standard InChI is InChI=1S/C31H36ClN5O4/c1-21(32)14-24(27-9-7-25(18-34-27)30(39)37-12-13-40-20-31(37,2)3)6-4-22-15-26(41-19-22)8-11-29(38)36-17-23-5-10-28(33)35-16-23/h4-5,7-11,14,16,18,26H,1,6,12-13,15,17,19-20H2,2-3H3,(H2,33,35)(H,36,38)/b11-8+,22-4-,24-14+. The molecule has 10 heteroatoms. The summed E-state index contributed by atoms with van der Waals surface area (Å²) in [6.07, 6.45) is 11.4. The van der Waals surface area contributed by atoms with Gasteiger partial charge < -0.3 is 25.4 Å². The Morgan fingerprint density at radius 3 is 2.76 bits per heavy atom. The van der Waals surface area contributed by atoms with E-state index in [2.05, 4.69) is 27.9 Å². The van der Waals surface area contributed by atoms with E-state index in [1.165, 1.54) is 6.08 Å². The molecule has 0 saturated carbocycles. The number of carbonyl (C=O) groups excluding carboxylic acids is 2. The van der Waals surface area contributed by atoms with Crippen molar-refractivity contribution in [2.75, 3.05) is 32.1 Å². The minimum atomic E-state index is -0.378. The first-order chi connectivity index (χ1) is 19.6. The molecule has 1 unspecified atom stereocenters. The number of nitrogens with one attached hydrogen (secondary N) is 1. The Hall–Kier alpha value is -3.79. The fraction of sp³-hybridized carbons (Fsp3) is 0.355. The zero-order valence-electron chi connectivity index (χ0n) is 23.4. The molecule has 0 spiro atoms. The molecule has 9 nitrogen and oxygen atoms in total. The van der Waals surface area contributed by atoms with Crippen LogP contribution < -0.4 is 11.1 Å². The summed E-state index contributed by atoms with van der Waals surface area (Å²) in [5.41, 5.74) is 9.30. The van der Waals surface area contributed by atoms with Crippen LogP contribution in [-0.2, 0) is 20.8 Å². The minimum absolute atomic E-state index is 0.0649. The number of morpholine rings is 1. The third kappa shape index (κ3) is 8.60. The van der Waals surface area contributed by atoms with Gasteiger partial charge in [0.2, 0.25) is 5.91 Å². The number of ether oxygens (including phenoxy) is 2. The molecule has 2 saturated heterocycles. The first kappa shape index (κ1) is 30.2. The van der Waals surface area contributed by atoms with Crippen LogP contribution in [0.2, 0.25) is 0 Å². The Kier molecular flexibility index (Phi) is 10.1. The third-order valence-electron chi connectivity index (χ3n) is 6.89. The van der Waals surface area contributed by atoms with E-state index >= 15 is 0 Å². The van der Waals surface area contributed by atoms with Crippen LogP contribution in [0.3, 0.4) is 0 Å². The predicted octanol–water partition coefficient (Wildman–Crippen LogP) is 4.42. The Labute approximate surface area is 245 Å². The highest BCUT2D eigenvalue weighted by molar-refractivity contribution is 6.31. The highest BCUT2D eigenvalue weighted by atomic mass is 35.5. The number of pyridine rings is 2. The number of allylic oxidation sites excluding steroid dienone is 4. The van der Waals surface area contributed by atoms with Crippen LogP contribution in [0.1, 0.15) is 48.3 Å². The van der Waals surface area contributed by atoms with Crippen molar-refractivity contribution in [1.82, 2.24) is 20.2 Å². The maximum atomic E-state index is 13.1. The lowest BCUT2D eigenvalue weighted by atomic mass is 10.0. The second-order valence-corrected chi connectivity index (χ2v) is 11.1. The van der Waals surface area contributed by atoms with E-state index in [1.54, 1.807) is 36.7 Å². The van der Waals surface area contributed by atoms with Crippen LogP contribution >= 0.6 is 11.6 Å². The molecule has 4 rings (SSSR count). The van der Waals surface area contributed by atoms with Gasteiger partial charge in [-0.15, -0.1) is 0 Å². The summed E-state index contributed by atoms with van der Waals surface area (Å²) >= 11 is 6.13. The van der Waals surface area contributed by atoms with Crippen molar-refractivity contribution in [2.24, 2.45) is 0 Å². The number of carbonyl (C=O) groups is 2. The zero-order chi connectivity index (χ0) is 29.4. The molecule has 4 heterocycles. The van der Waals surface area contributed by atoms with Crippen LogP contribution in [0.5, 0.6) is 0 Å². The average molecular weight is 578 g/mol. The van der Waals surface area contributed by atoms with Gasteiger partial charge in [-0.05, 0) is 61.3 Å². The maximum absolute atomic E-state index is 13.1. The number of anilines is 1. The van der Waals surface area contributed by atoms with Gasteiger partial charge in [-0.25, -0.2) is 4.98 Å². The molecule has 2 aliphatic rings. The molecule has 0 radical (unpaired) electrons. The Morgan fingerprint density at radius 2 is 2.07 bits per heavy atom. The van der Waals surface area contributed by atoms with Gasteiger partial charge in [0.15, 0.2) is 0 Å². The topological polar surface area (TPSA) is 120 Å². The van der Waals surface area contributed by atoms with Gasteiger partial charge in [-0.2, -0.15) is 0 Å². The van der Waals surface area contributed by atoms with Gasteiger partial charge in [0.25, 0.3) is 5.91 Å². The average Bonchev–Trinajstić information content (AvgIpc) is 3.41. The number of nitrogens with zero attached hydrogens (tertiary/aromatic N) is 3. The third-order valence-corrected chi connectivity index (χ3v) is 7.00. The first-order valence-corrected chi connectivity index (χ1v) is 13.9. The van der Waals surface area contributed by atoms with E-state index in [-0.39, 0.29) is 23.5 Å². The number of hydrogen-bond donors (Lipinski definition) is 2. The van der Waals surface area contributed by atoms with Crippen LogP contribution in [0.25, 0.3) is 5.57 Å². The second-order valence-electron chi connectivity index (χ2n) is 10.7. The van der Waals surface area contributed by atoms with Gasteiger partial charge in [0.1, 0.15) is 5.82 Å². The fourth-order valence-electron chi connectivity index (χ4n) is 4.62. The number of halogens is 1. The number of aromatic nitrogens is 2. The Morgan fingerprint density at radius 1 is 1.24 bits per heavy atom. The molecule has 41 heavy (non-hydrogen) atoms.